The maximum atomic E-state index is 6.33. The largest absolute Gasteiger partial charge is 0.327 e. The molecule has 0 saturated carbocycles. The van der Waals surface area contributed by atoms with Crippen molar-refractivity contribution in [1.82, 2.24) is 0 Å². The summed E-state index contributed by atoms with van der Waals surface area (Å²) < 4.78 is 0. The molecular weight excluding hydrogens is 374 g/mol. The van der Waals surface area contributed by atoms with Crippen LogP contribution in [0.5, 0.6) is 0 Å². The third kappa shape index (κ3) is 7.09. The van der Waals surface area contributed by atoms with Gasteiger partial charge in [0.2, 0.25) is 0 Å². The molecule has 148 valence electrons. The molecule has 3 aromatic carbocycles. The fourth-order valence-electron chi connectivity index (χ4n) is 3.30. The van der Waals surface area contributed by atoms with Crippen LogP contribution < -0.4 is 5.73 Å². The minimum atomic E-state index is 0.0827. The average Bonchev–Trinajstić information content (AvgIpc) is 2.74. The van der Waals surface area contributed by atoms with Gasteiger partial charge in [-0.15, -0.1) is 0 Å². The van der Waals surface area contributed by atoms with Crippen LogP contribution in [0.4, 0.5) is 0 Å². The first-order valence-electron chi connectivity index (χ1n) is 10.3. The summed E-state index contributed by atoms with van der Waals surface area (Å²) in [6.07, 6.45) is 5.29. The van der Waals surface area contributed by atoms with E-state index in [4.69, 9.17) is 17.3 Å². The van der Waals surface area contributed by atoms with Crippen LogP contribution in [0, 0.1) is 11.8 Å². The molecule has 2 heteroatoms. The van der Waals surface area contributed by atoms with Gasteiger partial charge in [-0.2, -0.15) is 0 Å². The van der Waals surface area contributed by atoms with Crippen LogP contribution in [0.15, 0.2) is 72.8 Å². The maximum absolute atomic E-state index is 6.33. The van der Waals surface area contributed by atoms with Crippen molar-refractivity contribution < 1.29 is 0 Å². The van der Waals surface area contributed by atoms with Gasteiger partial charge in [-0.05, 0) is 78.8 Å². The van der Waals surface area contributed by atoms with E-state index in [0.29, 0.717) is 0 Å². The van der Waals surface area contributed by atoms with Crippen LogP contribution in [-0.4, -0.2) is 6.04 Å². The van der Waals surface area contributed by atoms with Gasteiger partial charge in [0.1, 0.15) is 0 Å². The molecule has 0 aromatic heterocycles. The molecule has 29 heavy (non-hydrogen) atoms. The topological polar surface area (TPSA) is 26.0 Å². The molecule has 1 atom stereocenters. The van der Waals surface area contributed by atoms with E-state index in [1.54, 1.807) is 0 Å². The fourth-order valence-corrected chi connectivity index (χ4v) is 3.43. The molecule has 0 aliphatic heterocycles. The molecule has 0 bridgehead atoms. The van der Waals surface area contributed by atoms with E-state index in [0.717, 1.165) is 35.4 Å². The van der Waals surface area contributed by atoms with Crippen molar-refractivity contribution in [3.05, 3.63) is 106 Å². The molecule has 0 aliphatic carbocycles. The van der Waals surface area contributed by atoms with Crippen molar-refractivity contribution in [2.75, 3.05) is 0 Å². The van der Waals surface area contributed by atoms with Crippen LogP contribution >= 0.6 is 11.6 Å². The highest BCUT2D eigenvalue weighted by molar-refractivity contribution is 6.30. The molecule has 0 fully saturated rings. The van der Waals surface area contributed by atoms with Gasteiger partial charge in [0.25, 0.3) is 0 Å². The molecule has 0 amide bonds. The Bertz CT molecular complexity index is 945. The Kier molecular flexibility index (Phi) is 7.94. The number of nitrogens with two attached hydrogens (primary N) is 1. The van der Waals surface area contributed by atoms with Gasteiger partial charge in [0, 0.05) is 22.2 Å². The summed E-state index contributed by atoms with van der Waals surface area (Å²) in [4.78, 5) is 0. The third-order valence-electron chi connectivity index (χ3n) is 4.99. The second-order valence-electron chi connectivity index (χ2n) is 7.54. The number of hydrogen-bond acceptors (Lipinski definition) is 1. The van der Waals surface area contributed by atoms with Gasteiger partial charge < -0.3 is 5.73 Å². The van der Waals surface area contributed by atoms with Gasteiger partial charge in [0.05, 0.1) is 0 Å². The fraction of sp³-hybridized carbons (Fsp3) is 0.259. The van der Waals surface area contributed by atoms with Crippen LogP contribution in [0.25, 0.3) is 0 Å². The summed E-state index contributed by atoms with van der Waals surface area (Å²) in [5.74, 6) is 6.51. The van der Waals surface area contributed by atoms with Crippen molar-refractivity contribution >= 4 is 11.6 Å². The minimum Gasteiger partial charge on any atom is -0.327 e. The number of unbranched alkanes of at least 4 members (excludes halogenated alkanes) is 1. The summed E-state index contributed by atoms with van der Waals surface area (Å²) >= 11 is 5.94. The Morgan fingerprint density at radius 2 is 1.17 bits per heavy atom. The highest BCUT2D eigenvalue weighted by atomic mass is 35.5. The van der Waals surface area contributed by atoms with E-state index in [1.165, 1.54) is 29.5 Å². The zero-order valence-electron chi connectivity index (χ0n) is 17.0. The molecule has 2 N–H and O–H groups in total. The van der Waals surface area contributed by atoms with Crippen LogP contribution in [0.1, 0.15) is 47.6 Å². The Hall–Kier alpha value is -2.53. The lowest BCUT2D eigenvalue weighted by Crippen LogP contribution is -2.25. The quantitative estimate of drug-likeness (QED) is 0.469. The van der Waals surface area contributed by atoms with Gasteiger partial charge in [-0.3, -0.25) is 0 Å². The molecular formula is C27H28ClN. The first-order chi connectivity index (χ1) is 14.1. The summed E-state index contributed by atoms with van der Waals surface area (Å²) in [7, 11) is 0. The number of hydrogen-bond donors (Lipinski definition) is 1. The molecule has 0 saturated heterocycles. The van der Waals surface area contributed by atoms with E-state index in [1.807, 2.05) is 24.3 Å². The average molecular weight is 402 g/mol. The van der Waals surface area contributed by atoms with E-state index >= 15 is 0 Å². The summed E-state index contributed by atoms with van der Waals surface area (Å²) in [6.45, 7) is 2.22. The van der Waals surface area contributed by atoms with Crippen LogP contribution in [0.2, 0.25) is 5.02 Å². The Morgan fingerprint density at radius 1 is 0.724 bits per heavy atom. The number of benzene rings is 3. The molecule has 0 heterocycles. The SMILES string of the molecule is CCCCc1ccc(C#Cc2ccc(CC(N)Cc3ccc(Cl)cc3)cc2)cc1. The van der Waals surface area contributed by atoms with Gasteiger partial charge >= 0.3 is 0 Å². The molecule has 0 aliphatic rings. The van der Waals surface area contributed by atoms with Crippen molar-refractivity contribution in [3.63, 3.8) is 0 Å². The van der Waals surface area contributed by atoms with Gasteiger partial charge in [-0.1, -0.05) is 73.2 Å². The van der Waals surface area contributed by atoms with E-state index in [-0.39, 0.29) is 6.04 Å². The number of halogens is 1. The van der Waals surface area contributed by atoms with Crippen molar-refractivity contribution in [2.45, 2.75) is 45.1 Å². The lowest BCUT2D eigenvalue weighted by Gasteiger charge is -2.12. The molecule has 0 radical (unpaired) electrons. The first kappa shape index (κ1) is 21.2. The molecule has 0 spiro atoms. The van der Waals surface area contributed by atoms with E-state index in [9.17, 15) is 0 Å². The lowest BCUT2D eigenvalue weighted by molar-refractivity contribution is 0.665. The summed E-state index contributed by atoms with van der Waals surface area (Å²) in [5.41, 5.74) is 12.2. The zero-order chi connectivity index (χ0) is 20.5. The first-order valence-corrected chi connectivity index (χ1v) is 10.7. The second-order valence-corrected chi connectivity index (χ2v) is 7.98. The highest BCUT2D eigenvalue weighted by Crippen LogP contribution is 2.13. The minimum absolute atomic E-state index is 0.0827. The van der Waals surface area contributed by atoms with Crippen molar-refractivity contribution in [1.29, 1.82) is 0 Å². The Balaban J connectivity index is 1.55. The zero-order valence-corrected chi connectivity index (χ0v) is 17.8. The van der Waals surface area contributed by atoms with Crippen LogP contribution in [-0.2, 0) is 19.3 Å². The van der Waals surface area contributed by atoms with Crippen molar-refractivity contribution in [2.24, 2.45) is 5.73 Å². The summed E-state index contributed by atoms with van der Waals surface area (Å²) in [5, 5.41) is 0.756. The molecule has 1 nitrogen and oxygen atoms in total. The summed E-state index contributed by atoms with van der Waals surface area (Å²) in [6, 6.07) is 25.0. The predicted molar refractivity (Wildman–Crippen MR) is 124 cm³/mol. The van der Waals surface area contributed by atoms with Crippen LogP contribution in [0.3, 0.4) is 0 Å². The third-order valence-corrected chi connectivity index (χ3v) is 5.24. The predicted octanol–water partition coefficient (Wildman–Crippen LogP) is 6.19. The number of aryl methyl sites for hydroxylation is 1. The molecule has 1 unspecified atom stereocenters. The van der Waals surface area contributed by atoms with Gasteiger partial charge in [-0.25, -0.2) is 0 Å². The van der Waals surface area contributed by atoms with E-state index < -0.39 is 0 Å². The normalized spacial score (nSPS) is 11.6. The smallest absolute Gasteiger partial charge is 0.0406 e. The monoisotopic (exact) mass is 401 g/mol. The standard InChI is InChI=1S/C27H28ClN/c1-2-3-4-21-5-7-22(8-6-21)9-10-23-11-13-24(14-12-23)19-27(29)20-25-15-17-26(28)18-16-25/h5-8,11-18,27H,2-4,19-20,29H2,1H3. The van der Waals surface area contributed by atoms with Gasteiger partial charge in [0.15, 0.2) is 0 Å². The van der Waals surface area contributed by atoms with Crippen molar-refractivity contribution in [3.8, 4) is 11.8 Å². The maximum Gasteiger partial charge on any atom is 0.0406 e. The van der Waals surface area contributed by atoms with E-state index in [2.05, 4.69) is 67.3 Å². The molecule has 3 rings (SSSR count). The molecule has 3 aromatic rings. The highest BCUT2D eigenvalue weighted by Gasteiger charge is 2.06. The lowest BCUT2D eigenvalue weighted by atomic mass is 9.99. The second kappa shape index (κ2) is 10.9. The Morgan fingerprint density at radius 3 is 1.66 bits per heavy atom. The number of rotatable bonds is 7. The Labute approximate surface area is 179 Å².